The molecule has 2 aliphatic heterocycles. The molecule has 0 fully saturated rings. The van der Waals surface area contributed by atoms with Gasteiger partial charge in [0.2, 0.25) is 11.8 Å². The molecule has 0 saturated carbocycles. The Bertz CT molecular complexity index is 2190. The van der Waals surface area contributed by atoms with Gasteiger partial charge in [-0.15, -0.1) is 10.2 Å². The lowest BCUT2D eigenvalue weighted by Crippen LogP contribution is -2.45. The summed E-state index contributed by atoms with van der Waals surface area (Å²) in [5, 5.41) is 9.51. The van der Waals surface area contributed by atoms with Crippen LogP contribution in [0.4, 0.5) is 0 Å². The summed E-state index contributed by atoms with van der Waals surface area (Å²) >= 11 is 6.16. The minimum Gasteiger partial charge on any atom is -0.472 e. The molecule has 12 heteroatoms. The zero-order chi connectivity index (χ0) is 36.9. The van der Waals surface area contributed by atoms with Gasteiger partial charge in [0.05, 0.1) is 48.2 Å². The molecule has 0 radical (unpaired) electrons. The van der Waals surface area contributed by atoms with Gasteiger partial charge in [0.1, 0.15) is 18.9 Å². The van der Waals surface area contributed by atoms with E-state index in [1.165, 1.54) is 0 Å². The SMILES string of the molecule is C.C.Cc1ccc(C(=O)N2Cc3cc(OCc4ccccc4)nn3C[C@@H]2C)n1C.O=C(c1ccccc1Cl)N1CCn2nc(OCc3ccccc3)cc2C1. The van der Waals surface area contributed by atoms with E-state index in [0.717, 1.165) is 28.2 Å². The number of hydrogen-bond acceptors (Lipinski definition) is 6. The summed E-state index contributed by atoms with van der Waals surface area (Å²) in [6, 6.07) is 34.9. The second-order valence-electron chi connectivity index (χ2n) is 13.3. The first-order valence-electron chi connectivity index (χ1n) is 17.7. The fourth-order valence-corrected chi connectivity index (χ4v) is 6.68. The molecule has 6 aromatic rings. The fourth-order valence-electron chi connectivity index (χ4n) is 6.46. The van der Waals surface area contributed by atoms with Gasteiger partial charge in [-0.2, -0.15) is 0 Å². The number of nitrogens with zero attached hydrogens (tertiary/aromatic N) is 7. The van der Waals surface area contributed by atoms with E-state index in [1.54, 1.807) is 17.0 Å². The van der Waals surface area contributed by atoms with Gasteiger partial charge in [0.25, 0.3) is 11.8 Å². The molecule has 11 nitrogen and oxygen atoms in total. The van der Waals surface area contributed by atoms with E-state index < -0.39 is 0 Å². The van der Waals surface area contributed by atoms with Gasteiger partial charge in [0, 0.05) is 37.5 Å². The van der Waals surface area contributed by atoms with Crippen LogP contribution in [-0.2, 0) is 46.4 Å². The first-order chi connectivity index (χ1) is 25.7. The lowest BCUT2D eigenvalue weighted by molar-refractivity contribution is 0.0596. The monoisotopic (exact) mass is 763 g/mol. The first-order valence-corrected chi connectivity index (χ1v) is 18.1. The van der Waals surface area contributed by atoms with Gasteiger partial charge >= 0.3 is 0 Å². The zero-order valence-electron chi connectivity index (χ0n) is 30.1. The van der Waals surface area contributed by atoms with Crippen LogP contribution in [0.2, 0.25) is 5.02 Å². The summed E-state index contributed by atoms with van der Waals surface area (Å²) < 4.78 is 17.4. The van der Waals surface area contributed by atoms with E-state index in [1.807, 2.05) is 130 Å². The van der Waals surface area contributed by atoms with Crippen LogP contribution in [-0.4, -0.2) is 58.3 Å². The normalized spacial score (nSPS) is 14.3. The van der Waals surface area contributed by atoms with E-state index in [0.29, 0.717) is 74.0 Å². The van der Waals surface area contributed by atoms with Crippen LogP contribution in [0.3, 0.4) is 0 Å². The molecule has 0 saturated heterocycles. The number of carbonyl (C=O) groups excluding carboxylic acids is 2. The fraction of sp³-hybridized carbons (Fsp3) is 0.302. The number of aryl methyl sites for hydroxylation is 1. The summed E-state index contributed by atoms with van der Waals surface area (Å²) in [5.74, 6) is 1.17. The summed E-state index contributed by atoms with van der Waals surface area (Å²) in [5.41, 5.74) is 6.47. The number of halogens is 1. The highest BCUT2D eigenvalue weighted by Gasteiger charge is 2.30. The van der Waals surface area contributed by atoms with Crippen LogP contribution < -0.4 is 9.47 Å². The van der Waals surface area contributed by atoms with Crippen LogP contribution in [0.1, 0.15) is 70.8 Å². The minimum absolute atomic E-state index is 0. The topological polar surface area (TPSA) is 99.7 Å². The van der Waals surface area contributed by atoms with Gasteiger partial charge in [-0.05, 0) is 49.2 Å². The van der Waals surface area contributed by atoms with E-state index in [-0.39, 0.29) is 32.7 Å². The third kappa shape index (κ3) is 9.29. The van der Waals surface area contributed by atoms with Crippen molar-refractivity contribution in [2.24, 2.45) is 7.05 Å². The summed E-state index contributed by atoms with van der Waals surface area (Å²) in [4.78, 5) is 29.4. The van der Waals surface area contributed by atoms with E-state index in [9.17, 15) is 9.59 Å². The second kappa shape index (κ2) is 18.0. The molecule has 0 unspecified atom stereocenters. The van der Waals surface area contributed by atoms with Gasteiger partial charge in [-0.1, -0.05) is 99.3 Å². The van der Waals surface area contributed by atoms with Crippen molar-refractivity contribution in [2.45, 2.75) is 74.1 Å². The molecule has 0 spiro atoms. The first kappa shape index (κ1) is 40.4. The maximum absolute atomic E-state index is 13.0. The molecular formula is C43H50ClN7O4. The van der Waals surface area contributed by atoms with Crippen molar-refractivity contribution in [3.63, 3.8) is 0 Å². The van der Waals surface area contributed by atoms with Gasteiger partial charge in [0.15, 0.2) is 0 Å². The summed E-state index contributed by atoms with van der Waals surface area (Å²) in [6.07, 6.45) is 0. The molecule has 2 amide bonds. The molecule has 1 atom stereocenters. The predicted molar refractivity (Wildman–Crippen MR) is 215 cm³/mol. The number of rotatable bonds is 8. The van der Waals surface area contributed by atoms with Crippen LogP contribution in [0.5, 0.6) is 11.8 Å². The van der Waals surface area contributed by atoms with E-state index in [4.69, 9.17) is 21.1 Å². The molecule has 3 aromatic heterocycles. The molecule has 0 aliphatic carbocycles. The Morgan fingerprint density at radius 2 is 1.29 bits per heavy atom. The highest BCUT2D eigenvalue weighted by molar-refractivity contribution is 6.33. The molecule has 2 aliphatic rings. The summed E-state index contributed by atoms with van der Waals surface area (Å²) in [7, 11) is 1.93. The van der Waals surface area contributed by atoms with Crippen molar-refractivity contribution in [2.75, 3.05) is 6.54 Å². The number of carbonyl (C=O) groups is 2. The Hall–Kier alpha value is -5.81. The Morgan fingerprint density at radius 3 is 1.87 bits per heavy atom. The zero-order valence-corrected chi connectivity index (χ0v) is 30.8. The molecule has 5 heterocycles. The Morgan fingerprint density at radius 1 is 0.727 bits per heavy atom. The number of fused-ring (bicyclic) bond motifs is 2. The maximum atomic E-state index is 13.0. The van der Waals surface area contributed by atoms with E-state index >= 15 is 0 Å². The third-order valence-corrected chi connectivity index (χ3v) is 9.95. The van der Waals surface area contributed by atoms with Crippen LogP contribution in [0, 0.1) is 6.92 Å². The average molecular weight is 764 g/mol. The molecule has 55 heavy (non-hydrogen) atoms. The molecule has 0 N–H and O–H groups in total. The smallest absolute Gasteiger partial charge is 0.271 e. The second-order valence-corrected chi connectivity index (χ2v) is 13.7. The summed E-state index contributed by atoms with van der Waals surface area (Å²) in [6.45, 7) is 7.94. The van der Waals surface area contributed by atoms with Crippen molar-refractivity contribution >= 4 is 23.4 Å². The highest BCUT2D eigenvalue weighted by Crippen LogP contribution is 2.25. The molecule has 288 valence electrons. The van der Waals surface area contributed by atoms with Crippen molar-refractivity contribution in [1.29, 1.82) is 0 Å². The molecule has 0 bridgehead atoms. The average Bonchev–Trinajstić information content (AvgIpc) is 3.88. The predicted octanol–water partition coefficient (Wildman–Crippen LogP) is 8.20. The minimum atomic E-state index is -0.0604. The largest absolute Gasteiger partial charge is 0.472 e. The highest BCUT2D eigenvalue weighted by atomic mass is 35.5. The number of amides is 2. The van der Waals surface area contributed by atoms with E-state index in [2.05, 4.69) is 17.1 Å². The third-order valence-electron chi connectivity index (χ3n) is 9.62. The number of ether oxygens (including phenoxy) is 2. The molecular weight excluding hydrogens is 714 g/mol. The van der Waals surface area contributed by atoms with Gasteiger partial charge in [-0.3, -0.25) is 19.0 Å². The van der Waals surface area contributed by atoms with Crippen molar-refractivity contribution < 1.29 is 19.1 Å². The van der Waals surface area contributed by atoms with Crippen molar-refractivity contribution in [3.05, 3.63) is 154 Å². The Balaban J connectivity index is 0.000000204. The number of aromatic nitrogens is 5. The Labute approximate surface area is 328 Å². The maximum Gasteiger partial charge on any atom is 0.271 e. The van der Waals surface area contributed by atoms with Crippen molar-refractivity contribution in [3.8, 4) is 11.8 Å². The van der Waals surface area contributed by atoms with Crippen LogP contribution in [0.25, 0.3) is 0 Å². The lowest BCUT2D eigenvalue weighted by Gasteiger charge is -2.33. The molecule has 8 rings (SSSR count). The number of benzene rings is 3. The Kier molecular flexibility index (Phi) is 13.2. The van der Waals surface area contributed by atoms with Gasteiger partial charge in [-0.25, -0.2) is 0 Å². The molecule has 3 aromatic carbocycles. The quantitative estimate of drug-likeness (QED) is 0.155. The van der Waals surface area contributed by atoms with Gasteiger partial charge < -0.3 is 23.8 Å². The van der Waals surface area contributed by atoms with Crippen LogP contribution in [0.15, 0.2) is 109 Å². The van der Waals surface area contributed by atoms with Crippen LogP contribution >= 0.6 is 11.6 Å². The lowest BCUT2D eigenvalue weighted by atomic mass is 10.2. The number of hydrogen-bond donors (Lipinski definition) is 0. The van der Waals surface area contributed by atoms with Crippen molar-refractivity contribution in [1.82, 2.24) is 33.9 Å². The standard InChI is InChI=1S/C21H24N4O2.C20H18ClN3O2.2CH4/c1-15-9-10-19(23(15)3)21(26)24-13-18-11-20(22-25(18)12-16(24)2)27-14-17-7-5-4-6-8-17;21-18-9-5-4-8-17(18)20(25)23-10-11-24-16(13-23)12-19(22-24)26-14-15-6-2-1-3-7-15;;/h4-11,16H,12-14H2,1-3H3;1-9,12H,10-11,13-14H2;2*1H4/t16-;;;/m0.../s1.